The van der Waals surface area contributed by atoms with E-state index in [4.69, 9.17) is 38.2 Å². The number of hydrogen-bond acceptors (Lipinski definition) is 12. The van der Waals surface area contributed by atoms with Crippen LogP contribution in [0.25, 0.3) is 0 Å². The predicted octanol–water partition coefficient (Wildman–Crippen LogP) is 8.36. The normalized spacial score (nSPS) is 10.8. The van der Waals surface area contributed by atoms with Crippen LogP contribution in [-0.4, -0.2) is 63.1 Å². The molecule has 0 aliphatic carbocycles. The molecule has 0 radical (unpaired) electrons. The van der Waals surface area contributed by atoms with E-state index >= 15 is 0 Å². The van der Waals surface area contributed by atoms with E-state index in [2.05, 4.69) is 13.2 Å². The molecular formula is C44H45NO11. The third-order valence-corrected chi connectivity index (χ3v) is 8.07. The van der Waals surface area contributed by atoms with Crippen LogP contribution in [0, 0.1) is 6.92 Å². The van der Waals surface area contributed by atoms with Crippen LogP contribution in [-0.2, 0) is 19.1 Å². The summed E-state index contributed by atoms with van der Waals surface area (Å²) in [7, 11) is 1.49. The second-order valence-electron chi connectivity index (χ2n) is 12.2. The van der Waals surface area contributed by atoms with Crippen molar-refractivity contribution >= 4 is 35.3 Å². The number of methoxy groups -OCH3 is 1. The fourth-order valence-corrected chi connectivity index (χ4v) is 4.99. The Morgan fingerprint density at radius 3 is 1.57 bits per heavy atom. The molecule has 12 nitrogen and oxygen atoms in total. The molecule has 0 aliphatic heterocycles. The number of carbonyl (C=O) groups excluding carboxylic acids is 4. The highest BCUT2D eigenvalue weighted by Gasteiger charge is 2.15. The van der Waals surface area contributed by atoms with Crippen LogP contribution in [0.4, 0.5) is 5.69 Å². The summed E-state index contributed by atoms with van der Waals surface area (Å²) in [5.41, 5.74) is 3.60. The van der Waals surface area contributed by atoms with Crippen molar-refractivity contribution in [2.24, 2.45) is 4.99 Å². The maximum absolute atomic E-state index is 12.9. The number of ether oxygens (including phenoxy) is 7. The summed E-state index contributed by atoms with van der Waals surface area (Å²) >= 11 is 0. The van der Waals surface area contributed by atoms with Gasteiger partial charge in [-0.15, -0.1) is 0 Å². The van der Waals surface area contributed by atoms with Gasteiger partial charge in [-0.1, -0.05) is 13.2 Å². The highest BCUT2D eigenvalue weighted by Crippen LogP contribution is 2.31. The lowest BCUT2D eigenvalue weighted by molar-refractivity contribution is -0.138. The summed E-state index contributed by atoms with van der Waals surface area (Å²) in [5, 5.41) is 0. The summed E-state index contributed by atoms with van der Waals surface area (Å²) < 4.78 is 38.1. The van der Waals surface area contributed by atoms with Crippen LogP contribution in [0.2, 0.25) is 0 Å². The number of aliphatic imine (C=N–C) groups is 1. The number of unbranched alkanes of at least 4 members (excludes halogenated alkanes) is 2. The second kappa shape index (κ2) is 21.9. The van der Waals surface area contributed by atoms with Gasteiger partial charge >= 0.3 is 23.9 Å². The molecule has 292 valence electrons. The van der Waals surface area contributed by atoms with E-state index < -0.39 is 23.9 Å². The van der Waals surface area contributed by atoms with Crippen molar-refractivity contribution in [3.63, 3.8) is 0 Å². The first-order valence-corrected chi connectivity index (χ1v) is 17.9. The Morgan fingerprint density at radius 1 is 0.589 bits per heavy atom. The fourth-order valence-electron chi connectivity index (χ4n) is 4.99. The molecule has 4 aromatic rings. The summed E-state index contributed by atoms with van der Waals surface area (Å²) in [4.78, 5) is 52.7. The van der Waals surface area contributed by atoms with Crippen LogP contribution < -0.4 is 23.7 Å². The van der Waals surface area contributed by atoms with Crippen molar-refractivity contribution in [2.75, 3.05) is 33.5 Å². The first-order chi connectivity index (χ1) is 27.1. The van der Waals surface area contributed by atoms with E-state index in [-0.39, 0.29) is 5.75 Å². The lowest BCUT2D eigenvalue weighted by Gasteiger charge is -2.12. The van der Waals surface area contributed by atoms with Gasteiger partial charge in [0.05, 0.1) is 50.4 Å². The first-order valence-electron chi connectivity index (χ1n) is 17.9. The molecule has 0 saturated heterocycles. The second-order valence-corrected chi connectivity index (χ2v) is 12.2. The van der Waals surface area contributed by atoms with Gasteiger partial charge in [0.25, 0.3) is 0 Å². The van der Waals surface area contributed by atoms with Crippen LogP contribution in [0.5, 0.6) is 28.7 Å². The van der Waals surface area contributed by atoms with Crippen molar-refractivity contribution in [2.45, 2.75) is 39.5 Å². The van der Waals surface area contributed by atoms with Gasteiger partial charge in [0.1, 0.15) is 17.2 Å². The molecule has 0 fully saturated rings. The SMILES string of the molecule is C=CC(=O)OCCCCOc1ccc(C(=O)Oc2ccc(/N=C(\C)c3ccc(OC(=O)c4ccc(OCCCCOC(=O)C=C)cc4)c(OC)c3)c(C)c2)cc1. The monoisotopic (exact) mass is 763 g/mol. The molecular weight excluding hydrogens is 718 g/mol. The molecule has 0 saturated carbocycles. The Bertz CT molecular complexity index is 2020. The largest absolute Gasteiger partial charge is 0.494 e. The molecule has 0 unspecified atom stereocenters. The van der Waals surface area contributed by atoms with E-state index in [1.165, 1.54) is 7.11 Å². The maximum Gasteiger partial charge on any atom is 0.343 e. The number of nitrogens with zero attached hydrogens (tertiary/aromatic N) is 1. The standard InChI is InChI=1S/C44H45NO11/c1-6-41(46)53-26-10-8-24-51-35-17-12-32(13-18-35)43(48)55-37-21-22-38(30(3)28-37)45-31(4)34-16-23-39(40(29-34)50-5)56-44(49)33-14-19-36(20-15-33)52-25-9-11-27-54-42(47)7-2/h6-7,12-23,28-29H,1-2,8-11,24-27H2,3-5H3/b45-31+. The van der Waals surface area contributed by atoms with E-state index in [0.29, 0.717) is 97.6 Å². The number of hydrogen-bond donors (Lipinski definition) is 0. The minimum Gasteiger partial charge on any atom is -0.494 e. The first kappa shape index (κ1) is 42.1. The molecule has 0 heterocycles. The van der Waals surface area contributed by atoms with Gasteiger partial charge in [0.15, 0.2) is 11.5 Å². The summed E-state index contributed by atoms with van der Waals surface area (Å²) in [6, 6.07) is 23.6. The predicted molar refractivity (Wildman–Crippen MR) is 211 cm³/mol. The summed E-state index contributed by atoms with van der Waals surface area (Å²) in [6.07, 6.45) is 4.95. The Labute approximate surface area is 326 Å². The van der Waals surface area contributed by atoms with Gasteiger partial charge in [-0.3, -0.25) is 4.99 Å². The smallest absolute Gasteiger partial charge is 0.343 e. The molecule has 0 N–H and O–H groups in total. The van der Waals surface area contributed by atoms with E-state index in [1.807, 2.05) is 13.8 Å². The molecule has 0 bridgehead atoms. The van der Waals surface area contributed by atoms with Crippen LogP contribution in [0.3, 0.4) is 0 Å². The van der Waals surface area contributed by atoms with Gasteiger partial charge in [-0.05, 0) is 136 Å². The molecule has 12 heteroatoms. The molecule has 0 aliphatic rings. The quantitative estimate of drug-likeness (QED) is 0.0265. The van der Waals surface area contributed by atoms with Crippen molar-refractivity contribution < 1.29 is 52.3 Å². The van der Waals surface area contributed by atoms with Gasteiger partial charge in [-0.2, -0.15) is 0 Å². The number of esters is 4. The van der Waals surface area contributed by atoms with E-state index in [1.54, 1.807) is 84.9 Å². The Hall–Kier alpha value is -6.69. The Morgan fingerprint density at radius 2 is 1.07 bits per heavy atom. The third-order valence-electron chi connectivity index (χ3n) is 8.07. The Balaban J connectivity index is 1.28. The zero-order valence-electron chi connectivity index (χ0n) is 31.7. The topological polar surface area (TPSA) is 145 Å². The maximum atomic E-state index is 12.9. The Kier molecular flexibility index (Phi) is 16.4. The molecule has 0 aromatic heterocycles. The van der Waals surface area contributed by atoms with Gasteiger partial charge in [0.2, 0.25) is 0 Å². The fraction of sp³-hybridized carbons (Fsp3) is 0.250. The molecule has 0 spiro atoms. The van der Waals surface area contributed by atoms with E-state index in [0.717, 1.165) is 23.3 Å². The van der Waals surface area contributed by atoms with Crippen molar-refractivity contribution in [1.82, 2.24) is 0 Å². The number of aryl methyl sites for hydroxylation is 1. The average Bonchev–Trinajstić information content (AvgIpc) is 3.21. The zero-order valence-corrected chi connectivity index (χ0v) is 31.7. The molecule has 4 aromatic carbocycles. The van der Waals surface area contributed by atoms with Gasteiger partial charge in [0, 0.05) is 17.9 Å². The molecule has 56 heavy (non-hydrogen) atoms. The van der Waals surface area contributed by atoms with Crippen molar-refractivity contribution in [3.05, 3.63) is 132 Å². The summed E-state index contributed by atoms with van der Waals surface area (Å²) in [5.74, 6) is 0.199. The highest BCUT2D eigenvalue weighted by atomic mass is 16.6. The molecule has 0 amide bonds. The molecule has 0 atom stereocenters. The number of benzene rings is 4. The summed E-state index contributed by atoms with van der Waals surface area (Å²) in [6.45, 7) is 11.9. The molecule has 4 rings (SSSR count). The average molecular weight is 764 g/mol. The van der Waals surface area contributed by atoms with Crippen molar-refractivity contribution in [3.8, 4) is 28.7 Å². The van der Waals surface area contributed by atoms with Gasteiger partial charge in [-0.25, -0.2) is 19.2 Å². The van der Waals surface area contributed by atoms with Gasteiger partial charge < -0.3 is 33.2 Å². The lowest BCUT2D eigenvalue weighted by atomic mass is 10.1. The zero-order chi connectivity index (χ0) is 40.3. The van der Waals surface area contributed by atoms with E-state index in [9.17, 15) is 19.2 Å². The van der Waals surface area contributed by atoms with Crippen LogP contribution >= 0.6 is 0 Å². The van der Waals surface area contributed by atoms with Crippen molar-refractivity contribution in [1.29, 1.82) is 0 Å². The highest BCUT2D eigenvalue weighted by molar-refractivity contribution is 6.01. The lowest BCUT2D eigenvalue weighted by Crippen LogP contribution is -2.10. The minimum absolute atomic E-state index is 0.247. The third kappa shape index (κ3) is 13.3. The van der Waals surface area contributed by atoms with Crippen LogP contribution in [0.1, 0.15) is 64.4 Å². The van der Waals surface area contributed by atoms with Crippen LogP contribution in [0.15, 0.2) is 115 Å². The number of carbonyl (C=O) groups is 4. The minimum atomic E-state index is -0.562. The number of rotatable bonds is 21.